The van der Waals surface area contributed by atoms with E-state index in [0.717, 1.165) is 25.9 Å². The van der Waals surface area contributed by atoms with E-state index in [4.69, 9.17) is 4.74 Å². The van der Waals surface area contributed by atoms with Crippen molar-refractivity contribution >= 4 is 11.8 Å². The first-order chi connectivity index (χ1) is 9.02. The molecule has 0 bridgehead atoms. The number of rotatable bonds is 6. The number of hydrogen-bond donors (Lipinski definition) is 1. The second-order valence-electron chi connectivity index (χ2n) is 5.56. The highest BCUT2D eigenvalue weighted by atomic mass is 16.5. The molecule has 1 aliphatic rings. The lowest BCUT2D eigenvalue weighted by atomic mass is 10.0. The Labute approximate surface area is 115 Å². The SMILES string of the molecule is COCCC(=O)NC1CCN(C(=O)CC(C)C)CC1. The van der Waals surface area contributed by atoms with Crippen LogP contribution in [-0.2, 0) is 14.3 Å². The van der Waals surface area contributed by atoms with E-state index in [-0.39, 0.29) is 17.9 Å². The molecule has 0 radical (unpaired) electrons. The first-order valence-electron chi connectivity index (χ1n) is 7.09. The predicted molar refractivity (Wildman–Crippen MR) is 73.7 cm³/mol. The molecule has 0 aromatic rings. The summed E-state index contributed by atoms with van der Waals surface area (Å²) in [5.74, 6) is 0.673. The zero-order chi connectivity index (χ0) is 14.3. The van der Waals surface area contributed by atoms with E-state index in [0.29, 0.717) is 25.4 Å². The van der Waals surface area contributed by atoms with Crippen molar-refractivity contribution in [2.45, 2.75) is 45.6 Å². The van der Waals surface area contributed by atoms with Gasteiger partial charge in [-0.05, 0) is 18.8 Å². The van der Waals surface area contributed by atoms with Gasteiger partial charge in [-0.2, -0.15) is 0 Å². The van der Waals surface area contributed by atoms with E-state index >= 15 is 0 Å². The van der Waals surface area contributed by atoms with Crippen LogP contribution in [0.2, 0.25) is 0 Å². The summed E-state index contributed by atoms with van der Waals surface area (Å²) in [4.78, 5) is 25.4. The highest BCUT2D eigenvalue weighted by Crippen LogP contribution is 2.13. The Kier molecular flexibility index (Phi) is 6.84. The van der Waals surface area contributed by atoms with Crippen molar-refractivity contribution in [1.29, 1.82) is 0 Å². The summed E-state index contributed by atoms with van der Waals surface area (Å²) in [5, 5.41) is 3.00. The molecule has 1 heterocycles. The summed E-state index contributed by atoms with van der Waals surface area (Å²) in [6.45, 7) is 6.07. The van der Waals surface area contributed by atoms with E-state index in [1.807, 2.05) is 4.90 Å². The second kappa shape index (κ2) is 8.15. The van der Waals surface area contributed by atoms with Crippen LogP contribution in [0.1, 0.15) is 39.5 Å². The molecule has 0 saturated carbocycles. The fourth-order valence-electron chi connectivity index (χ4n) is 2.25. The number of likely N-dealkylation sites (tertiary alicyclic amines) is 1. The molecule has 0 aromatic carbocycles. The average Bonchev–Trinajstić information content (AvgIpc) is 2.36. The van der Waals surface area contributed by atoms with E-state index in [2.05, 4.69) is 19.2 Å². The van der Waals surface area contributed by atoms with Crippen LogP contribution in [0.5, 0.6) is 0 Å². The molecule has 5 nitrogen and oxygen atoms in total. The zero-order valence-electron chi connectivity index (χ0n) is 12.3. The van der Waals surface area contributed by atoms with Crippen molar-refractivity contribution in [2.75, 3.05) is 26.8 Å². The van der Waals surface area contributed by atoms with Gasteiger partial charge >= 0.3 is 0 Å². The summed E-state index contributed by atoms with van der Waals surface area (Å²) in [5.41, 5.74) is 0. The molecule has 0 spiro atoms. The molecule has 110 valence electrons. The van der Waals surface area contributed by atoms with Crippen LogP contribution in [0, 0.1) is 5.92 Å². The van der Waals surface area contributed by atoms with Crippen molar-refractivity contribution in [1.82, 2.24) is 10.2 Å². The number of amides is 2. The van der Waals surface area contributed by atoms with Crippen LogP contribution in [0.3, 0.4) is 0 Å². The largest absolute Gasteiger partial charge is 0.384 e. The maximum absolute atomic E-state index is 11.9. The topological polar surface area (TPSA) is 58.6 Å². The van der Waals surface area contributed by atoms with Crippen LogP contribution in [0.4, 0.5) is 0 Å². The molecule has 2 amide bonds. The number of nitrogens with zero attached hydrogens (tertiary/aromatic N) is 1. The fraction of sp³-hybridized carbons (Fsp3) is 0.857. The van der Waals surface area contributed by atoms with Gasteiger partial charge < -0.3 is 15.0 Å². The zero-order valence-corrected chi connectivity index (χ0v) is 12.3. The molecule has 0 aromatic heterocycles. The van der Waals surface area contributed by atoms with Crippen LogP contribution in [-0.4, -0.2) is 49.6 Å². The van der Waals surface area contributed by atoms with Crippen molar-refractivity contribution in [2.24, 2.45) is 5.92 Å². The number of nitrogens with one attached hydrogen (secondary N) is 1. The Morgan fingerprint density at radius 2 is 1.95 bits per heavy atom. The van der Waals surface area contributed by atoms with Crippen molar-refractivity contribution in [3.8, 4) is 0 Å². The predicted octanol–water partition coefficient (Wildman–Crippen LogP) is 1.18. The number of piperidine rings is 1. The molecule has 1 fully saturated rings. The minimum Gasteiger partial charge on any atom is -0.384 e. The van der Waals surface area contributed by atoms with Gasteiger partial charge in [-0.15, -0.1) is 0 Å². The highest BCUT2D eigenvalue weighted by molar-refractivity contribution is 5.77. The first kappa shape index (κ1) is 16.0. The molecular weight excluding hydrogens is 244 g/mol. The van der Waals surface area contributed by atoms with Crippen LogP contribution in [0.15, 0.2) is 0 Å². The van der Waals surface area contributed by atoms with Crippen LogP contribution >= 0.6 is 0 Å². The molecule has 19 heavy (non-hydrogen) atoms. The Bertz CT molecular complexity index is 297. The van der Waals surface area contributed by atoms with E-state index < -0.39 is 0 Å². The molecule has 1 N–H and O–H groups in total. The summed E-state index contributed by atoms with van der Waals surface area (Å²) in [7, 11) is 1.59. The Morgan fingerprint density at radius 1 is 1.32 bits per heavy atom. The van der Waals surface area contributed by atoms with E-state index in [9.17, 15) is 9.59 Å². The molecule has 1 aliphatic heterocycles. The third-order valence-corrected chi connectivity index (χ3v) is 3.33. The number of carbonyl (C=O) groups excluding carboxylic acids is 2. The lowest BCUT2D eigenvalue weighted by Crippen LogP contribution is -2.46. The quantitative estimate of drug-likeness (QED) is 0.788. The molecule has 0 aliphatic carbocycles. The third kappa shape index (κ3) is 6.05. The van der Waals surface area contributed by atoms with Gasteiger partial charge in [0.25, 0.3) is 0 Å². The van der Waals surface area contributed by atoms with Crippen molar-refractivity contribution in [3.63, 3.8) is 0 Å². The van der Waals surface area contributed by atoms with Crippen molar-refractivity contribution in [3.05, 3.63) is 0 Å². The number of ether oxygens (including phenoxy) is 1. The summed E-state index contributed by atoms with van der Waals surface area (Å²) in [6.07, 6.45) is 2.72. The van der Waals surface area contributed by atoms with E-state index in [1.54, 1.807) is 7.11 Å². The van der Waals surface area contributed by atoms with Gasteiger partial charge in [0.2, 0.25) is 11.8 Å². The maximum Gasteiger partial charge on any atom is 0.222 e. The molecule has 5 heteroatoms. The normalized spacial score (nSPS) is 16.7. The second-order valence-corrected chi connectivity index (χ2v) is 5.56. The van der Waals surface area contributed by atoms with Crippen LogP contribution in [0.25, 0.3) is 0 Å². The summed E-state index contributed by atoms with van der Waals surface area (Å²) in [6, 6.07) is 0.201. The Morgan fingerprint density at radius 3 is 2.47 bits per heavy atom. The van der Waals surface area contributed by atoms with Gasteiger partial charge in [0.15, 0.2) is 0 Å². The number of hydrogen-bond acceptors (Lipinski definition) is 3. The molecular formula is C14H26N2O3. The van der Waals surface area contributed by atoms with Gasteiger partial charge in [0.05, 0.1) is 6.61 Å². The standard InChI is InChI=1S/C14H26N2O3/c1-11(2)10-14(18)16-7-4-12(5-8-16)15-13(17)6-9-19-3/h11-12H,4-10H2,1-3H3,(H,15,17). The van der Waals surface area contributed by atoms with Gasteiger partial charge in [-0.25, -0.2) is 0 Å². The Balaban J connectivity index is 2.25. The Hall–Kier alpha value is -1.10. The summed E-state index contributed by atoms with van der Waals surface area (Å²) >= 11 is 0. The first-order valence-corrected chi connectivity index (χ1v) is 7.09. The lowest BCUT2D eigenvalue weighted by Gasteiger charge is -2.32. The average molecular weight is 270 g/mol. The minimum absolute atomic E-state index is 0.0359. The number of carbonyl (C=O) groups is 2. The molecule has 0 unspecified atom stereocenters. The van der Waals surface area contributed by atoms with Crippen LogP contribution < -0.4 is 5.32 Å². The van der Waals surface area contributed by atoms with Gasteiger partial charge in [-0.1, -0.05) is 13.8 Å². The van der Waals surface area contributed by atoms with Gasteiger partial charge in [0.1, 0.15) is 0 Å². The molecule has 1 rings (SSSR count). The molecule has 1 saturated heterocycles. The number of methoxy groups -OCH3 is 1. The summed E-state index contributed by atoms with van der Waals surface area (Å²) < 4.78 is 4.87. The van der Waals surface area contributed by atoms with Crippen molar-refractivity contribution < 1.29 is 14.3 Å². The monoisotopic (exact) mass is 270 g/mol. The minimum atomic E-state index is 0.0359. The van der Waals surface area contributed by atoms with Gasteiger partial charge in [-0.3, -0.25) is 9.59 Å². The maximum atomic E-state index is 11.9. The third-order valence-electron chi connectivity index (χ3n) is 3.33. The van der Waals surface area contributed by atoms with Gasteiger partial charge in [0, 0.05) is 39.1 Å². The highest BCUT2D eigenvalue weighted by Gasteiger charge is 2.23. The lowest BCUT2D eigenvalue weighted by molar-refractivity contribution is -0.133. The smallest absolute Gasteiger partial charge is 0.222 e. The fourth-order valence-corrected chi connectivity index (χ4v) is 2.25. The molecule has 0 atom stereocenters. The van der Waals surface area contributed by atoms with E-state index in [1.165, 1.54) is 0 Å².